The lowest BCUT2D eigenvalue weighted by Gasteiger charge is -2.29. The highest BCUT2D eigenvalue weighted by atomic mass is 32.1. The molecule has 2 aromatic rings. The summed E-state index contributed by atoms with van der Waals surface area (Å²) >= 11 is 1.69. The summed E-state index contributed by atoms with van der Waals surface area (Å²) in [5.74, 6) is 0.160. The van der Waals surface area contributed by atoms with Crippen molar-refractivity contribution in [3.8, 4) is 0 Å². The minimum absolute atomic E-state index is 0.108. The van der Waals surface area contributed by atoms with Crippen molar-refractivity contribution >= 4 is 23.3 Å². The average Bonchev–Trinajstić information content (AvgIpc) is 3.19. The van der Waals surface area contributed by atoms with Gasteiger partial charge in [-0.1, -0.05) is 42.5 Å². The van der Waals surface area contributed by atoms with Crippen molar-refractivity contribution in [3.63, 3.8) is 0 Å². The molecule has 0 bridgehead atoms. The van der Waals surface area contributed by atoms with E-state index in [0.717, 1.165) is 32.7 Å². The molecule has 1 aromatic carbocycles. The quantitative estimate of drug-likeness (QED) is 0.649. The van der Waals surface area contributed by atoms with E-state index in [1.165, 1.54) is 15.3 Å². The maximum absolute atomic E-state index is 12.3. The summed E-state index contributed by atoms with van der Waals surface area (Å²) in [6, 6.07) is 14.7. The first-order valence-electron chi connectivity index (χ1n) is 9.42. The Balaban J connectivity index is 1.35. The van der Waals surface area contributed by atoms with Crippen molar-refractivity contribution in [2.24, 2.45) is 0 Å². The van der Waals surface area contributed by atoms with E-state index in [1.54, 1.807) is 16.2 Å². The van der Waals surface area contributed by atoms with Gasteiger partial charge in [-0.25, -0.2) is 0 Å². The number of benzene rings is 1. The number of hydrogen-bond acceptors (Lipinski definition) is 2. The van der Waals surface area contributed by atoms with E-state index in [-0.39, 0.29) is 11.9 Å². The smallest absolute Gasteiger partial charge is 0.275 e. The predicted octanol–water partition coefficient (Wildman–Crippen LogP) is 0.422. The van der Waals surface area contributed by atoms with Crippen LogP contribution in [0.2, 0.25) is 0 Å². The molecule has 3 N–H and O–H groups in total. The van der Waals surface area contributed by atoms with E-state index in [1.807, 2.05) is 12.1 Å². The third kappa shape index (κ3) is 5.80. The predicted molar refractivity (Wildman–Crippen MR) is 107 cm³/mol. The second-order valence-electron chi connectivity index (χ2n) is 7.00. The van der Waals surface area contributed by atoms with Crippen LogP contribution in [0.3, 0.4) is 0 Å². The number of amides is 1. The van der Waals surface area contributed by atoms with Gasteiger partial charge in [-0.15, -0.1) is 11.3 Å². The Morgan fingerprint density at radius 1 is 1.12 bits per heavy atom. The van der Waals surface area contributed by atoms with Crippen LogP contribution in [-0.2, 0) is 4.79 Å². The average molecular weight is 372 g/mol. The number of hydrogen-bond donors (Lipinski definition) is 3. The molecule has 2 heterocycles. The molecule has 1 aliphatic rings. The Morgan fingerprint density at radius 3 is 2.54 bits per heavy atom. The van der Waals surface area contributed by atoms with Crippen LogP contribution in [0, 0.1) is 0 Å². The monoisotopic (exact) mass is 371 g/mol. The van der Waals surface area contributed by atoms with E-state index < -0.39 is 0 Å². The maximum atomic E-state index is 12.3. The third-order valence-corrected chi connectivity index (χ3v) is 5.99. The van der Waals surface area contributed by atoms with Crippen LogP contribution in [0.4, 0.5) is 0 Å². The van der Waals surface area contributed by atoms with Gasteiger partial charge in [0.15, 0.2) is 6.54 Å². The van der Waals surface area contributed by atoms with Gasteiger partial charge in [-0.2, -0.15) is 0 Å². The van der Waals surface area contributed by atoms with Gasteiger partial charge in [0.25, 0.3) is 5.91 Å². The number of thiophene rings is 1. The molecule has 4 nitrogen and oxygen atoms in total. The van der Waals surface area contributed by atoms with Gasteiger partial charge in [0, 0.05) is 4.88 Å². The van der Waals surface area contributed by atoms with E-state index in [4.69, 9.17) is 0 Å². The van der Waals surface area contributed by atoms with Crippen LogP contribution in [0.25, 0.3) is 6.08 Å². The number of piperazine rings is 1. The summed E-state index contributed by atoms with van der Waals surface area (Å²) < 4.78 is 0. The fourth-order valence-corrected chi connectivity index (χ4v) is 4.13. The molecule has 0 spiro atoms. The normalized spacial score (nSPS) is 21.6. The third-order valence-electron chi connectivity index (χ3n) is 4.94. The summed E-state index contributed by atoms with van der Waals surface area (Å²) in [7, 11) is 0. The number of nitrogens with one attached hydrogen (secondary N) is 3. The van der Waals surface area contributed by atoms with Crippen LogP contribution in [0.15, 0.2) is 53.9 Å². The molecular weight excluding hydrogens is 342 g/mol. The first-order chi connectivity index (χ1) is 12.7. The Labute approximate surface area is 160 Å². The van der Waals surface area contributed by atoms with Gasteiger partial charge in [0.1, 0.15) is 26.2 Å². The second kappa shape index (κ2) is 9.67. The van der Waals surface area contributed by atoms with Gasteiger partial charge in [0.05, 0.1) is 12.6 Å². The number of quaternary nitrogens is 2. The summed E-state index contributed by atoms with van der Waals surface area (Å²) in [6.45, 7) is 8.09. The topological polar surface area (TPSA) is 38.0 Å². The van der Waals surface area contributed by atoms with Crippen molar-refractivity contribution in [3.05, 3.63) is 64.4 Å². The molecule has 1 fully saturated rings. The van der Waals surface area contributed by atoms with E-state index in [0.29, 0.717) is 6.54 Å². The van der Waals surface area contributed by atoms with Crippen molar-refractivity contribution in [2.45, 2.75) is 13.0 Å². The minimum Gasteiger partial charge on any atom is -0.344 e. The lowest BCUT2D eigenvalue weighted by Crippen LogP contribution is -3.28. The fraction of sp³-hybridized carbons (Fsp3) is 0.381. The Kier molecular flexibility index (Phi) is 7.00. The molecule has 1 amide bonds. The van der Waals surface area contributed by atoms with Crippen molar-refractivity contribution in [1.29, 1.82) is 0 Å². The van der Waals surface area contributed by atoms with Gasteiger partial charge in [-0.3, -0.25) is 4.79 Å². The summed E-state index contributed by atoms with van der Waals surface area (Å²) in [4.78, 5) is 16.5. The molecule has 1 aromatic heterocycles. The Bertz CT molecular complexity index is 691. The molecule has 3 rings (SSSR count). The molecule has 0 aliphatic carbocycles. The van der Waals surface area contributed by atoms with Gasteiger partial charge >= 0.3 is 0 Å². The van der Waals surface area contributed by atoms with Crippen molar-refractivity contribution < 1.29 is 14.6 Å². The zero-order valence-corrected chi connectivity index (χ0v) is 16.2. The van der Waals surface area contributed by atoms with Crippen LogP contribution in [0.5, 0.6) is 0 Å². The van der Waals surface area contributed by atoms with Crippen LogP contribution >= 0.6 is 11.3 Å². The highest BCUT2D eigenvalue weighted by Gasteiger charge is 2.24. The van der Waals surface area contributed by atoms with Crippen LogP contribution in [-0.4, -0.2) is 45.2 Å². The molecule has 5 heteroatoms. The van der Waals surface area contributed by atoms with Crippen molar-refractivity contribution in [1.82, 2.24) is 5.32 Å². The SMILES string of the molecule is C[C@H](NC(=O)C[NH+]1CC[NH+](C/C=C/c2ccccc2)CC1)c1cccs1. The first kappa shape index (κ1) is 18.8. The van der Waals surface area contributed by atoms with E-state index >= 15 is 0 Å². The van der Waals surface area contributed by atoms with E-state index in [9.17, 15) is 4.79 Å². The molecule has 0 radical (unpaired) electrons. The minimum atomic E-state index is 0.108. The maximum Gasteiger partial charge on any atom is 0.275 e. The molecule has 0 saturated carbocycles. The lowest BCUT2D eigenvalue weighted by molar-refractivity contribution is -1.01. The summed E-state index contributed by atoms with van der Waals surface area (Å²) in [5.41, 5.74) is 1.26. The van der Waals surface area contributed by atoms with Gasteiger partial charge in [0.2, 0.25) is 0 Å². The number of carbonyl (C=O) groups is 1. The summed E-state index contributed by atoms with van der Waals surface area (Å²) in [5, 5.41) is 5.18. The zero-order chi connectivity index (χ0) is 18.2. The molecule has 138 valence electrons. The van der Waals surface area contributed by atoms with Crippen LogP contribution in [0.1, 0.15) is 23.4 Å². The second-order valence-corrected chi connectivity index (χ2v) is 7.98. The lowest BCUT2D eigenvalue weighted by atomic mass is 10.2. The summed E-state index contributed by atoms with van der Waals surface area (Å²) in [6.07, 6.45) is 4.47. The zero-order valence-electron chi connectivity index (χ0n) is 15.4. The Morgan fingerprint density at radius 2 is 1.85 bits per heavy atom. The van der Waals surface area contributed by atoms with Gasteiger partial charge in [-0.05, 0) is 30.0 Å². The molecular formula is C21H29N3OS+2. The highest BCUT2D eigenvalue weighted by Crippen LogP contribution is 2.17. The number of rotatable bonds is 7. The standard InChI is InChI=1S/C21H27N3OS/c1-18(20-10-6-16-26-20)22-21(25)17-24-14-12-23(13-15-24)11-5-9-19-7-3-2-4-8-19/h2-10,16,18H,11-15,17H2,1H3,(H,22,25)/p+2/b9-5+/t18-/m0/s1. The number of carbonyl (C=O) groups excluding carboxylic acids is 1. The van der Waals surface area contributed by atoms with Crippen LogP contribution < -0.4 is 15.1 Å². The molecule has 26 heavy (non-hydrogen) atoms. The first-order valence-corrected chi connectivity index (χ1v) is 10.3. The fourth-order valence-electron chi connectivity index (χ4n) is 3.39. The van der Waals surface area contributed by atoms with Gasteiger partial charge < -0.3 is 15.1 Å². The largest absolute Gasteiger partial charge is 0.344 e. The molecule has 1 atom stereocenters. The molecule has 0 unspecified atom stereocenters. The molecule has 1 saturated heterocycles. The molecule has 1 aliphatic heterocycles. The van der Waals surface area contributed by atoms with E-state index in [2.05, 4.69) is 60.1 Å². The highest BCUT2D eigenvalue weighted by molar-refractivity contribution is 7.10. The van der Waals surface area contributed by atoms with Crippen molar-refractivity contribution in [2.75, 3.05) is 39.3 Å². The Hall–Kier alpha value is -1.95.